The molecule has 2 heterocycles. The van der Waals surface area contributed by atoms with Crippen LogP contribution in [-0.4, -0.2) is 22.0 Å². The van der Waals surface area contributed by atoms with Gasteiger partial charge >= 0.3 is 0 Å². The SMILES string of the molecule is CCn1c2ccccc2c2cc(CNCCC(=O)NCc3cccnc3)ccc21. The highest BCUT2D eigenvalue weighted by Gasteiger charge is 2.09. The maximum absolute atomic E-state index is 12.0. The van der Waals surface area contributed by atoms with Crippen LogP contribution in [0.25, 0.3) is 21.8 Å². The Bertz CT molecular complexity index is 1120. The van der Waals surface area contributed by atoms with E-state index in [1.165, 1.54) is 27.4 Å². The monoisotopic (exact) mass is 386 g/mol. The molecule has 0 saturated carbocycles. The Morgan fingerprint density at radius 2 is 1.83 bits per heavy atom. The maximum atomic E-state index is 12.0. The third-order valence-electron chi connectivity index (χ3n) is 5.22. The van der Waals surface area contributed by atoms with E-state index in [1.54, 1.807) is 12.4 Å². The Kier molecular flexibility index (Phi) is 5.86. The molecule has 5 nitrogen and oxygen atoms in total. The Labute approximate surface area is 170 Å². The van der Waals surface area contributed by atoms with Gasteiger partial charge in [-0.1, -0.05) is 30.3 Å². The van der Waals surface area contributed by atoms with E-state index in [4.69, 9.17) is 0 Å². The molecule has 4 aromatic rings. The number of hydrogen-bond donors (Lipinski definition) is 2. The van der Waals surface area contributed by atoms with Gasteiger partial charge in [-0.15, -0.1) is 0 Å². The average Bonchev–Trinajstić information content (AvgIpc) is 3.09. The molecule has 0 aliphatic carbocycles. The van der Waals surface area contributed by atoms with Crippen molar-refractivity contribution in [3.8, 4) is 0 Å². The zero-order valence-corrected chi connectivity index (χ0v) is 16.7. The second-order valence-electron chi connectivity index (χ2n) is 7.18. The van der Waals surface area contributed by atoms with Crippen LogP contribution in [0.1, 0.15) is 24.5 Å². The molecule has 2 aromatic heterocycles. The topological polar surface area (TPSA) is 59.0 Å². The quantitative estimate of drug-likeness (QED) is 0.450. The number of carbonyl (C=O) groups excluding carboxylic acids is 1. The Morgan fingerprint density at radius 1 is 0.966 bits per heavy atom. The number of carbonyl (C=O) groups is 1. The fourth-order valence-corrected chi connectivity index (χ4v) is 3.78. The van der Waals surface area contributed by atoms with E-state index in [-0.39, 0.29) is 5.91 Å². The summed E-state index contributed by atoms with van der Waals surface area (Å²) >= 11 is 0. The zero-order valence-electron chi connectivity index (χ0n) is 16.7. The molecule has 0 aliphatic rings. The Balaban J connectivity index is 1.33. The van der Waals surface area contributed by atoms with Crippen molar-refractivity contribution in [3.05, 3.63) is 78.1 Å². The minimum Gasteiger partial charge on any atom is -0.352 e. The van der Waals surface area contributed by atoms with Crippen LogP contribution in [0.4, 0.5) is 0 Å². The molecule has 0 unspecified atom stereocenters. The first-order valence-electron chi connectivity index (χ1n) is 10.1. The maximum Gasteiger partial charge on any atom is 0.221 e. The first-order valence-corrected chi connectivity index (χ1v) is 10.1. The minimum absolute atomic E-state index is 0.0443. The summed E-state index contributed by atoms with van der Waals surface area (Å²) in [7, 11) is 0. The van der Waals surface area contributed by atoms with Gasteiger partial charge in [0, 0.05) is 66.8 Å². The summed E-state index contributed by atoms with van der Waals surface area (Å²) in [6, 6.07) is 19.0. The first kappa shape index (κ1) is 19.2. The summed E-state index contributed by atoms with van der Waals surface area (Å²) in [5, 5.41) is 8.89. The largest absolute Gasteiger partial charge is 0.352 e. The Morgan fingerprint density at radius 3 is 2.66 bits per heavy atom. The second-order valence-corrected chi connectivity index (χ2v) is 7.18. The number of para-hydroxylation sites is 1. The minimum atomic E-state index is 0.0443. The first-order chi connectivity index (χ1) is 14.3. The summed E-state index contributed by atoms with van der Waals surface area (Å²) in [6.07, 6.45) is 3.95. The number of aromatic nitrogens is 2. The van der Waals surface area contributed by atoms with Crippen molar-refractivity contribution < 1.29 is 4.79 Å². The smallest absolute Gasteiger partial charge is 0.221 e. The van der Waals surface area contributed by atoms with Crippen LogP contribution in [0.5, 0.6) is 0 Å². The number of aryl methyl sites for hydroxylation is 1. The predicted octanol–water partition coefficient (Wildman–Crippen LogP) is 4.01. The molecule has 0 atom stereocenters. The summed E-state index contributed by atoms with van der Waals surface area (Å²) in [4.78, 5) is 16.1. The van der Waals surface area contributed by atoms with Crippen LogP contribution in [0.3, 0.4) is 0 Å². The number of rotatable bonds is 8. The van der Waals surface area contributed by atoms with Gasteiger partial charge in [-0.2, -0.15) is 0 Å². The number of pyridine rings is 1. The van der Waals surface area contributed by atoms with Gasteiger partial charge in [0.1, 0.15) is 0 Å². The molecule has 0 bridgehead atoms. The van der Waals surface area contributed by atoms with E-state index >= 15 is 0 Å². The van der Waals surface area contributed by atoms with E-state index in [2.05, 4.69) is 69.6 Å². The molecular formula is C24H26N4O. The Hall–Kier alpha value is -3.18. The van der Waals surface area contributed by atoms with Crippen LogP contribution in [0.15, 0.2) is 67.0 Å². The molecule has 0 fully saturated rings. The molecule has 1 amide bonds. The van der Waals surface area contributed by atoms with E-state index in [9.17, 15) is 4.79 Å². The molecule has 2 aromatic carbocycles. The van der Waals surface area contributed by atoms with Crippen molar-refractivity contribution in [2.24, 2.45) is 0 Å². The van der Waals surface area contributed by atoms with Gasteiger partial charge in [-0.3, -0.25) is 9.78 Å². The lowest BCUT2D eigenvalue weighted by atomic mass is 10.1. The van der Waals surface area contributed by atoms with Gasteiger partial charge in [-0.25, -0.2) is 0 Å². The van der Waals surface area contributed by atoms with Gasteiger partial charge in [0.2, 0.25) is 5.91 Å². The number of benzene rings is 2. The molecule has 0 aliphatic heterocycles. The average molecular weight is 386 g/mol. The number of nitrogens with one attached hydrogen (secondary N) is 2. The van der Waals surface area contributed by atoms with Crippen LogP contribution in [-0.2, 0) is 24.4 Å². The molecule has 29 heavy (non-hydrogen) atoms. The molecule has 0 spiro atoms. The van der Waals surface area contributed by atoms with Crippen LogP contribution >= 0.6 is 0 Å². The molecular weight excluding hydrogens is 360 g/mol. The molecule has 0 radical (unpaired) electrons. The summed E-state index contributed by atoms with van der Waals surface area (Å²) < 4.78 is 2.36. The van der Waals surface area contributed by atoms with Crippen LogP contribution < -0.4 is 10.6 Å². The lowest BCUT2D eigenvalue weighted by Gasteiger charge is -2.07. The van der Waals surface area contributed by atoms with Gasteiger partial charge in [0.05, 0.1) is 0 Å². The van der Waals surface area contributed by atoms with Gasteiger partial charge in [0.25, 0.3) is 0 Å². The molecule has 5 heteroatoms. The van der Waals surface area contributed by atoms with E-state index in [0.29, 0.717) is 19.5 Å². The number of fused-ring (bicyclic) bond motifs is 3. The normalized spacial score (nSPS) is 11.2. The van der Waals surface area contributed by atoms with E-state index < -0.39 is 0 Å². The molecule has 0 saturated heterocycles. The van der Waals surface area contributed by atoms with Crippen molar-refractivity contribution in [1.82, 2.24) is 20.2 Å². The number of nitrogens with zero attached hydrogens (tertiary/aromatic N) is 2. The predicted molar refractivity (Wildman–Crippen MR) is 118 cm³/mol. The van der Waals surface area contributed by atoms with Crippen LogP contribution in [0.2, 0.25) is 0 Å². The van der Waals surface area contributed by atoms with Gasteiger partial charge in [0.15, 0.2) is 0 Å². The number of hydrogen-bond acceptors (Lipinski definition) is 3. The fraction of sp³-hybridized carbons (Fsp3) is 0.250. The molecule has 4 rings (SSSR count). The third-order valence-corrected chi connectivity index (χ3v) is 5.22. The summed E-state index contributed by atoms with van der Waals surface area (Å²) in [5.41, 5.74) is 4.79. The second kappa shape index (κ2) is 8.88. The van der Waals surface area contributed by atoms with E-state index in [1.807, 2.05) is 12.1 Å². The van der Waals surface area contributed by atoms with Crippen molar-refractivity contribution in [1.29, 1.82) is 0 Å². The molecule has 2 N–H and O–H groups in total. The lowest BCUT2D eigenvalue weighted by Crippen LogP contribution is -2.27. The highest BCUT2D eigenvalue weighted by atomic mass is 16.1. The fourth-order valence-electron chi connectivity index (χ4n) is 3.78. The lowest BCUT2D eigenvalue weighted by molar-refractivity contribution is -0.121. The number of amides is 1. The van der Waals surface area contributed by atoms with Crippen molar-refractivity contribution in [3.63, 3.8) is 0 Å². The zero-order chi connectivity index (χ0) is 20.1. The van der Waals surface area contributed by atoms with Crippen LogP contribution in [0, 0.1) is 0 Å². The summed E-state index contributed by atoms with van der Waals surface area (Å²) in [5.74, 6) is 0.0443. The van der Waals surface area contributed by atoms with E-state index in [0.717, 1.165) is 18.7 Å². The highest BCUT2D eigenvalue weighted by Crippen LogP contribution is 2.29. The van der Waals surface area contributed by atoms with Crippen molar-refractivity contribution >= 4 is 27.7 Å². The standard InChI is InChI=1S/C24H26N4O/c1-2-28-22-8-4-3-7-20(22)21-14-18(9-10-23(21)28)15-26-13-11-24(29)27-17-19-6-5-12-25-16-19/h3-10,12,14,16,26H,2,11,13,15,17H2,1H3,(H,27,29). The van der Waals surface area contributed by atoms with Gasteiger partial charge in [-0.05, 0) is 42.3 Å². The van der Waals surface area contributed by atoms with Crippen molar-refractivity contribution in [2.75, 3.05) is 6.54 Å². The highest BCUT2D eigenvalue weighted by molar-refractivity contribution is 6.08. The molecule has 148 valence electrons. The third kappa shape index (κ3) is 4.30. The van der Waals surface area contributed by atoms with Gasteiger partial charge < -0.3 is 15.2 Å². The van der Waals surface area contributed by atoms with Crippen molar-refractivity contribution in [2.45, 2.75) is 33.0 Å². The summed E-state index contributed by atoms with van der Waals surface area (Å²) in [6.45, 7) is 5.05.